The Balaban J connectivity index is 1.59. The first-order chi connectivity index (χ1) is 13.6. The van der Waals surface area contributed by atoms with Crippen molar-refractivity contribution in [1.29, 1.82) is 0 Å². The second-order valence-electron chi connectivity index (χ2n) is 6.64. The SMILES string of the molecule is O=C(O[C@H](Cc1cccc2ccccc12)C(=O)O)c1ccc2ccccc2c1. The summed E-state index contributed by atoms with van der Waals surface area (Å²) in [6.45, 7) is 0. The number of carbonyl (C=O) groups is 2. The Labute approximate surface area is 162 Å². The first-order valence-electron chi connectivity index (χ1n) is 9.01. The molecule has 0 radical (unpaired) electrons. The molecule has 4 rings (SSSR count). The zero-order valence-corrected chi connectivity index (χ0v) is 15.0. The number of hydrogen-bond acceptors (Lipinski definition) is 3. The van der Waals surface area contributed by atoms with Crippen molar-refractivity contribution >= 4 is 33.5 Å². The maximum atomic E-state index is 12.6. The molecule has 0 heterocycles. The van der Waals surface area contributed by atoms with E-state index in [2.05, 4.69) is 0 Å². The third kappa shape index (κ3) is 3.58. The van der Waals surface area contributed by atoms with Crippen molar-refractivity contribution in [2.75, 3.05) is 0 Å². The highest BCUT2D eigenvalue weighted by Crippen LogP contribution is 2.22. The van der Waals surface area contributed by atoms with E-state index in [0.29, 0.717) is 5.56 Å². The molecular weight excluding hydrogens is 352 g/mol. The van der Waals surface area contributed by atoms with Gasteiger partial charge >= 0.3 is 11.9 Å². The molecule has 0 unspecified atom stereocenters. The van der Waals surface area contributed by atoms with Gasteiger partial charge < -0.3 is 9.84 Å². The van der Waals surface area contributed by atoms with Crippen molar-refractivity contribution in [2.45, 2.75) is 12.5 Å². The van der Waals surface area contributed by atoms with Gasteiger partial charge in [-0.3, -0.25) is 0 Å². The van der Waals surface area contributed by atoms with E-state index in [1.807, 2.05) is 72.8 Å². The number of benzene rings is 4. The molecule has 0 aliphatic heterocycles. The molecule has 0 fully saturated rings. The molecule has 4 aromatic rings. The summed E-state index contributed by atoms with van der Waals surface area (Å²) in [6, 6.07) is 26.3. The molecular formula is C24H18O4. The lowest BCUT2D eigenvalue weighted by molar-refractivity contribution is -0.147. The summed E-state index contributed by atoms with van der Waals surface area (Å²) >= 11 is 0. The van der Waals surface area contributed by atoms with E-state index in [-0.39, 0.29) is 6.42 Å². The van der Waals surface area contributed by atoms with Crippen molar-refractivity contribution in [3.05, 3.63) is 96.1 Å². The van der Waals surface area contributed by atoms with E-state index in [1.165, 1.54) is 0 Å². The van der Waals surface area contributed by atoms with Crippen LogP contribution in [0.1, 0.15) is 15.9 Å². The summed E-state index contributed by atoms with van der Waals surface area (Å²) in [4.78, 5) is 24.3. The minimum absolute atomic E-state index is 0.107. The Morgan fingerprint density at radius 2 is 1.46 bits per heavy atom. The molecule has 0 saturated heterocycles. The molecule has 0 saturated carbocycles. The van der Waals surface area contributed by atoms with Gasteiger partial charge in [-0.1, -0.05) is 72.8 Å². The highest BCUT2D eigenvalue weighted by molar-refractivity contribution is 5.96. The van der Waals surface area contributed by atoms with Gasteiger partial charge in [0.25, 0.3) is 0 Å². The summed E-state index contributed by atoms with van der Waals surface area (Å²) in [5.41, 5.74) is 1.17. The number of hydrogen-bond donors (Lipinski definition) is 1. The lowest BCUT2D eigenvalue weighted by Crippen LogP contribution is -2.29. The minimum atomic E-state index is -1.26. The number of carbonyl (C=O) groups excluding carboxylic acids is 1. The van der Waals surface area contributed by atoms with E-state index in [9.17, 15) is 14.7 Å². The number of esters is 1. The number of carboxylic acids is 1. The van der Waals surface area contributed by atoms with E-state index in [1.54, 1.807) is 12.1 Å². The van der Waals surface area contributed by atoms with Crippen LogP contribution < -0.4 is 0 Å². The first kappa shape index (κ1) is 17.7. The Kier molecular flexibility index (Phi) is 4.77. The van der Waals surface area contributed by atoms with Crippen molar-refractivity contribution in [3.63, 3.8) is 0 Å². The van der Waals surface area contributed by atoms with Crippen LogP contribution in [0.3, 0.4) is 0 Å². The number of ether oxygens (including phenoxy) is 1. The fraction of sp³-hybridized carbons (Fsp3) is 0.0833. The standard InChI is InChI=1S/C24H18O4/c25-23(26)22(15-19-10-5-9-17-7-3-4-11-21(17)19)28-24(27)20-13-12-16-6-1-2-8-18(16)14-20/h1-14,22H,15H2,(H,25,26)/t22-/m1/s1. The van der Waals surface area contributed by atoms with Gasteiger partial charge in [0.1, 0.15) is 0 Å². The number of carboxylic acid groups (broad SMARTS) is 1. The average molecular weight is 370 g/mol. The zero-order chi connectivity index (χ0) is 19.5. The molecule has 4 nitrogen and oxygen atoms in total. The number of aliphatic carboxylic acids is 1. The Morgan fingerprint density at radius 1 is 0.786 bits per heavy atom. The third-order valence-corrected chi connectivity index (χ3v) is 4.80. The molecule has 138 valence electrons. The molecule has 0 amide bonds. The smallest absolute Gasteiger partial charge is 0.345 e. The number of fused-ring (bicyclic) bond motifs is 2. The first-order valence-corrected chi connectivity index (χ1v) is 9.01. The number of rotatable bonds is 5. The maximum Gasteiger partial charge on any atom is 0.345 e. The summed E-state index contributed by atoms with van der Waals surface area (Å²) in [6.07, 6.45) is -1.15. The van der Waals surface area contributed by atoms with Crippen LogP contribution in [-0.2, 0) is 16.0 Å². The van der Waals surface area contributed by atoms with Gasteiger partial charge in [0, 0.05) is 6.42 Å². The Hall–Kier alpha value is -3.66. The predicted molar refractivity (Wildman–Crippen MR) is 108 cm³/mol. The van der Waals surface area contributed by atoms with Crippen LogP contribution >= 0.6 is 0 Å². The second-order valence-corrected chi connectivity index (χ2v) is 6.64. The van der Waals surface area contributed by atoms with Crippen molar-refractivity contribution < 1.29 is 19.4 Å². The molecule has 0 aromatic heterocycles. The minimum Gasteiger partial charge on any atom is -0.478 e. The molecule has 0 spiro atoms. The molecule has 1 atom stereocenters. The summed E-state index contributed by atoms with van der Waals surface area (Å²) < 4.78 is 5.36. The van der Waals surface area contributed by atoms with Gasteiger partial charge in [0.2, 0.25) is 6.10 Å². The predicted octanol–water partition coefficient (Wildman–Crippen LogP) is 4.85. The molecule has 0 aliphatic carbocycles. The molecule has 1 N–H and O–H groups in total. The molecule has 4 aromatic carbocycles. The van der Waals surface area contributed by atoms with Crippen LogP contribution in [0.25, 0.3) is 21.5 Å². The summed E-state index contributed by atoms with van der Waals surface area (Å²) in [5, 5.41) is 13.5. The largest absolute Gasteiger partial charge is 0.478 e. The molecule has 28 heavy (non-hydrogen) atoms. The van der Waals surface area contributed by atoms with Crippen molar-refractivity contribution in [2.24, 2.45) is 0 Å². The lowest BCUT2D eigenvalue weighted by Gasteiger charge is -2.15. The van der Waals surface area contributed by atoms with Gasteiger partial charge in [-0.15, -0.1) is 0 Å². The van der Waals surface area contributed by atoms with Crippen LogP contribution in [-0.4, -0.2) is 23.1 Å². The Morgan fingerprint density at radius 3 is 2.25 bits per heavy atom. The lowest BCUT2D eigenvalue weighted by atomic mass is 10.00. The van der Waals surface area contributed by atoms with Crippen LogP contribution in [0.15, 0.2) is 84.9 Å². The van der Waals surface area contributed by atoms with Gasteiger partial charge in [-0.2, -0.15) is 0 Å². The van der Waals surface area contributed by atoms with Crippen LogP contribution in [0.2, 0.25) is 0 Å². The maximum absolute atomic E-state index is 12.6. The van der Waals surface area contributed by atoms with E-state index in [0.717, 1.165) is 27.1 Å². The van der Waals surface area contributed by atoms with E-state index >= 15 is 0 Å². The van der Waals surface area contributed by atoms with Crippen LogP contribution in [0, 0.1) is 0 Å². The van der Waals surface area contributed by atoms with E-state index < -0.39 is 18.0 Å². The van der Waals surface area contributed by atoms with Crippen LogP contribution in [0.4, 0.5) is 0 Å². The van der Waals surface area contributed by atoms with Gasteiger partial charge in [0.05, 0.1) is 5.56 Å². The van der Waals surface area contributed by atoms with Gasteiger partial charge in [-0.05, 0) is 39.2 Å². The molecule has 0 bridgehead atoms. The van der Waals surface area contributed by atoms with Crippen molar-refractivity contribution in [3.8, 4) is 0 Å². The quantitative estimate of drug-likeness (QED) is 0.510. The summed E-state index contributed by atoms with van der Waals surface area (Å²) in [7, 11) is 0. The van der Waals surface area contributed by atoms with Crippen LogP contribution in [0.5, 0.6) is 0 Å². The normalized spacial score (nSPS) is 12.0. The second kappa shape index (κ2) is 7.53. The fourth-order valence-electron chi connectivity index (χ4n) is 3.36. The zero-order valence-electron chi connectivity index (χ0n) is 15.0. The fourth-order valence-corrected chi connectivity index (χ4v) is 3.36. The highest BCUT2D eigenvalue weighted by atomic mass is 16.6. The summed E-state index contributed by atoms with van der Waals surface area (Å²) in [5.74, 6) is -1.81. The highest BCUT2D eigenvalue weighted by Gasteiger charge is 2.24. The van der Waals surface area contributed by atoms with E-state index in [4.69, 9.17) is 4.74 Å². The molecule has 0 aliphatic rings. The van der Waals surface area contributed by atoms with Crippen molar-refractivity contribution in [1.82, 2.24) is 0 Å². The third-order valence-electron chi connectivity index (χ3n) is 4.80. The topological polar surface area (TPSA) is 63.6 Å². The monoisotopic (exact) mass is 370 g/mol. The van der Waals surface area contributed by atoms with Gasteiger partial charge in [0.15, 0.2) is 0 Å². The van der Waals surface area contributed by atoms with Gasteiger partial charge in [-0.25, -0.2) is 9.59 Å². The Bertz CT molecular complexity index is 1170. The molecule has 4 heteroatoms. The average Bonchev–Trinajstić information content (AvgIpc) is 2.73.